The summed E-state index contributed by atoms with van der Waals surface area (Å²) in [5.74, 6) is -0.797. The van der Waals surface area contributed by atoms with Gasteiger partial charge in [-0.3, -0.25) is 9.36 Å². The molecule has 1 aliphatic rings. The molecule has 0 saturated heterocycles. The number of benzene rings is 2. The van der Waals surface area contributed by atoms with E-state index >= 15 is 4.39 Å². The van der Waals surface area contributed by atoms with Crippen molar-refractivity contribution in [3.8, 4) is 22.5 Å². The molecular formula is C28H31FN6O2. The third-order valence-electron chi connectivity index (χ3n) is 7.26. The molecule has 1 fully saturated rings. The largest absolute Gasteiger partial charge is 0.337 e. The molecule has 0 spiro atoms. The summed E-state index contributed by atoms with van der Waals surface area (Å²) in [6.07, 6.45) is 6.42. The summed E-state index contributed by atoms with van der Waals surface area (Å²) in [7, 11) is 0. The van der Waals surface area contributed by atoms with Gasteiger partial charge < -0.3 is 0 Å². The number of carbonyl (C=O) groups is 1. The molecule has 0 atom stereocenters. The molecule has 1 saturated carbocycles. The minimum atomic E-state index is -0.694. The lowest BCUT2D eigenvalue weighted by Crippen LogP contribution is -2.35. The van der Waals surface area contributed by atoms with Gasteiger partial charge in [-0.25, -0.2) is 14.5 Å². The van der Waals surface area contributed by atoms with Crippen LogP contribution in [0.15, 0.2) is 53.3 Å². The monoisotopic (exact) mass is 502 g/mol. The van der Waals surface area contributed by atoms with Crippen LogP contribution in [0.1, 0.15) is 67.9 Å². The van der Waals surface area contributed by atoms with Crippen LogP contribution in [-0.4, -0.2) is 35.7 Å². The Labute approximate surface area is 214 Å². The van der Waals surface area contributed by atoms with E-state index in [1.165, 1.54) is 4.57 Å². The van der Waals surface area contributed by atoms with Crippen LogP contribution >= 0.6 is 0 Å². The number of hydrogen-bond acceptors (Lipinski definition) is 5. The number of nitrogens with zero attached hydrogens (tertiary/aromatic N) is 5. The molecule has 2 heterocycles. The van der Waals surface area contributed by atoms with Crippen molar-refractivity contribution in [1.82, 2.24) is 29.8 Å². The van der Waals surface area contributed by atoms with Crippen LogP contribution in [0.4, 0.5) is 4.39 Å². The van der Waals surface area contributed by atoms with Crippen LogP contribution in [0.25, 0.3) is 22.5 Å². The summed E-state index contributed by atoms with van der Waals surface area (Å²) < 4.78 is 17.8. The molecule has 2 aromatic carbocycles. The van der Waals surface area contributed by atoms with E-state index in [9.17, 15) is 9.59 Å². The zero-order valence-electron chi connectivity index (χ0n) is 21.0. The third kappa shape index (κ3) is 5.03. The average Bonchev–Trinajstić information content (AvgIpc) is 3.55. The Balaban J connectivity index is 1.45. The molecule has 0 unspecified atom stereocenters. The van der Waals surface area contributed by atoms with Gasteiger partial charge in [0.1, 0.15) is 0 Å². The van der Waals surface area contributed by atoms with E-state index in [1.807, 2.05) is 55.5 Å². The average molecular weight is 503 g/mol. The highest BCUT2D eigenvalue weighted by Gasteiger charge is 2.30. The maximum atomic E-state index is 15.6. The highest BCUT2D eigenvalue weighted by atomic mass is 19.1. The second-order valence-electron chi connectivity index (χ2n) is 9.71. The molecule has 0 aliphatic heterocycles. The van der Waals surface area contributed by atoms with Gasteiger partial charge in [-0.1, -0.05) is 81.1 Å². The molecule has 0 radical (unpaired) electrons. The van der Waals surface area contributed by atoms with Crippen LogP contribution in [0.5, 0.6) is 0 Å². The Morgan fingerprint density at radius 2 is 1.78 bits per heavy atom. The fourth-order valence-corrected chi connectivity index (χ4v) is 5.22. The molecule has 192 valence electrons. The third-order valence-corrected chi connectivity index (χ3v) is 7.26. The molecule has 1 aliphatic carbocycles. The first-order valence-corrected chi connectivity index (χ1v) is 13.0. The number of imidazole rings is 1. The number of hydrogen-bond donors (Lipinski definition) is 1. The number of H-pyrrole nitrogens is 1. The molecule has 2 aromatic heterocycles. The van der Waals surface area contributed by atoms with Gasteiger partial charge in [-0.05, 0) is 52.8 Å². The second-order valence-corrected chi connectivity index (χ2v) is 9.71. The van der Waals surface area contributed by atoms with Gasteiger partial charge in [0.2, 0.25) is 11.9 Å². The predicted octanol–water partition coefficient (Wildman–Crippen LogP) is 5.25. The zero-order chi connectivity index (χ0) is 25.8. The first-order chi connectivity index (χ1) is 18.1. The lowest BCUT2D eigenvalue weighted by Gasteiger charge is -2.19. The molecule has 8 nitrogen and oxygen atoms in total. The quantitative estimate of drug-likeness (QED) is 0.355. The maximum Gasteiger partial charge on any atom is 0.337 e. The van der Waals surface area contributed by atoms with Crippen LogP contribution < -0.4 is 5.69 Å². The van der Waals surface area contributed by atoms with Crippen LogP contribution in [0, 0.1) is 11.9 Å². The predicted molar refractivity (Wildman–Crippen MR) is 139 cm³/mol. The van der Waals surface area contributed by atoms with Crippen LogP contribution in [0.3, 0.4) is 0 Å². The van der Waals surface area contributed by atoms with E-state index < -0.39 is 17.5 Å². The Bertz CT molecular complexity index is 1420. The van der Waals surface area contributed by atoms with E-state index in [0.717, 1.165) is 58.9 Å². The molecule has 9 heteroatoms. The molecular weight excluding hydrogens is 471 g/mol. The number of aromatic amines is 1. The lowest BCUT2D eigenvalue weighted by atomic mass is 9.88. The van der Waals surface area contributed by atoms with Gasteiger partial charge in [-0.15, -0.1) is 5.10 Å². The first kappa shape index (κ1) is 24.8. The number of carbonyl (C=O) groups excluding carboxylic acids is 1. The van der Waals surface area contributed by atoms with Crippen molar-refractivity contribution >= 4 is 5.91 Å². The summed E-state index contributed by atoms with van der Waals surface area (Å²) in [6.45, 7) is 2.23. The van der Waals surface area contributed by atoms with E-state index in [4.69, 9.17) is 0 Å². The van der Waals surface area contributed by atoms with Gasteiger partial charge in [-0.2, -0.15) is 4.39 Å². The molecule has 5 rings (SSSR count). The van der Waals surface area contributed by atoms with Crippen LogP contribution in [0.2, 0.25) is 0 Å². The zero-order valence-corrected chi connectivity index (χ0v) is 21.0. The van der Waals surface area contributed by atoms with Gasteiger partial charge in [0.05, 0.1) is 12.2 Å². The highest BCUT2D eigenvalue weighted by molar-refractivity contribution is 5.82. The molecule has 0 bridgehead atoms. The van der Waals surface area contributed by atoms with Crippen molar-refractivity contribution in [2.75, 3.05) is 0 Å². The number of halogens is 1. The Morgan fingerprint density at radius 3 is 2.46 bits per heavy atom. The molecule has 4 aromatic rings. The summed E-state index contributed by atoms with van der Waals surface area (Å²) in [4.78, 5) is 26.5. The summed E-state index contributed by atoms with van der Waals surface area (Å²) >= 11 is 0. The number of tetrazole rings is 1. The smallest absolute Gasteiger partial charge is 0.288 e. The SMILES string of the molecule is CCCCc1c(F)n(C(=O)C2CCCCC2)c(=O)n1Cc1ccc(-c2ccccc2-c2nnn[nH]2)cc1. The number of rotatable bonds is 8. The fraction of sp³-hybridized carbons (Fsp3) is 0.393. The minimum Gasteiger partial charge on any atom is -0.288 e. The number of nitrogens with one attached hydrogen (secondary N) is 1. The van der Waals surface area contributed by atoms with E-state index in [0.29, 0.717) is 30.8 Å². The summed E-state index contributed by atoms with van der Waals surface area (Å²) in [5.41, 5.74) is 3.38. The van der Waals surface area contributed by atoms with E-state index in [2.05, 4.69) is 20.6 Å². The Hall–Kier alpha value is -3.88. The highest BCUT2D eigenvalue weighted by Crippen LogP contribution is 2.30. The minimum absolute atomic E-state index is 0.202. The molecule has 37 heavy (non-hydrogen) atoms. The van der Waals surface area contributed by atoms with Crippen molar-refractivity contribution in [1.29, 1.82) is 0 Å². The number of unbranched alkanes of at least 4 members (excludes halogenated alkanes) is 1. The molecule has 0 amide bonds. The topological polar surface area (TPSA) is 98.5 Å². The van der Waals surface area contributed by atoms with Crippen molar-refractivity contribution in [3.05, 3.63) is 76.2 Å². The Morgan fingerprint density at radius 1 is 1.05 bits per heavy atom. The summed E-state index contributed by atoms with van der Waals surface area (Å²) in [5, 5.41) is 14.2. The Kier molecular flexibility index (Phi) is 7.39. The van der Waals surface area contributed by atoms with Crippen LogP contribution in [-0.2, 0) is 13.0 Å². The molecule has 1 N–H and O–H groups in total. The maximum absolute atomic E-state index is 15.6. The number of aromatic nitrogens is 6. The van der Waals surface area contributed by atoms with E-state index in [1.54, 1.807) is 0 Å². The van der Waals surface area contributed by atoms with Gasteiger partial charge >= 0.3 is 5.69 Å². The summed E-state index contributed by atoms with van der Waals surface area (Å²) in [6, 6.07) is 15.6. The van der Waals surface area contributed by atoms with Gasteiger partial charge in [0, 0.05) is 11.5 Å². The standard InChI is InChI=1S/C28H31FN6O2/c1-2-3-13-24-25(29)35(27(36)21-9-5-4-6-10-21)28(37)34(24)18-19-14-16-20(17-15-19)22-11-7-8-12-23(22)26-30-32-33-31-26/h7-8,11-12,14-17,21H,2-6,9-10,13,18H2,1H3,(H,30,31,32,33). The van der Waals surface area contributed by atoms with Crippen molar-refractivity contribution in [3.63, 3.8) is 0 Å². The lowest BCUT2D eigenvalue weighted by molar-refractivity contribution is 0.0781. The van der Waals surface area contributed by atoms with Gasteiger partial charge in [0.25, 0.3) is 0 Å². The van der Waals surface area contributed by atoms with Crippen molar-refractivity contribution in [2.45, 2.75) is 64.8 Å². The first-order valence-electron chi connectivity index (χ1n) is 13.0. The normalized spacial score (nSPS) is 14.2. The van der Waals surface area contributed by atoms with E-state index in [-0.39, 0.29) is 12.5 Å². The second kappa shape index (κ2) is 11.0. The van der Waals surface area contributed by atoms with Gasteiger partial charge in [0.15, 0.2) is 5.82 Å². The van der Waals surface area contributed by atoms with Crippen molar-refractivity contribution < 1.29 is 9.18 Å². The van der Waals surface area contributed by atoms with Crippen molar-refractivity contribution in [2.24, 2.45) is 5.92 Å². The fourth-order valence-electron chi connectivity index (χ4n) is 5.22.